The van der Waals surface area contributed by atoms with Gasteiger partial charge in [-0.05, 0) is 62.5 Å². The highest BCUT2D eigenvalue weighted by atomic mass is 16.3. The molecule has 0 saturated heterocycles. The fourth-order valence-electron chi connectivity index (χ4n) is 2.85. The van der Waals surface area contributed by atoms with E-state index in [0.717, 1.165) is 31.5 Å². The van der Waals surface area contributed by atoms with Gasteiger partial charge in [0.2, 0.25) is 0 Å². The smallest absolute Gasteiger partial charge is 0.159 e. The first-order chi connectivity index (χ1) is 10.2. The van der Waals surface area contributed by atoms with Crippen LogP contribution in [-0.4, -0.2) is 33.8 Å². The molecule has 110 valence electrons. The molecule has 2 aromatic rings. The van der Waals surface area contributed by atoms with E-state index in [-0.39, 0.29) is 11.5 Å². The molecule has 0 fully saturated rings. The molecule has 1 aromatic heterocycles. The van der Waals surface area contributed by atoms with Gasteiger partial charge >= 0.3 is 0 Å². The minimum atomic E-state index is -0.150. The van der Waals surface area contributed by atoms with Crippen LogP contribution in [0, 0.1) is 5.92 Å². The van der Waals surface area contributed by atoms with Gasteiger partial charge in [0.05, 0.1) is 0 Å². The summed E-state index contributed by atoms with van der Waals surface area (Å²) in [5.74, 6) is 0.959. The molecule has 1 aliphatic carbocycles. The number of aromatic nitrogens is 2. The number of rotatable bonds is 3. The second-order valence-corrected chi connectivity index (χ2v) is 5.54. The highest BCUT2D eigenvalue weighted by Gasteiger charge is 2.20. The average molecular weight is 285 g/mol. The summed E-state index contributed by atoms with van der Waals surface area (Å²) in [4.78, 5) is 9.03. The maximum absolute atomic E-state index is 9.58. The lowest BCUT2D eigenvalue weighted by Crippen LogP contribution is -2.25. The highest BCUT2D eigenvalue weighted by molar-refractivity contribution is 5.60. The largest absolute Gasteiger partial charge is 0.504 e. The summed E-state index contributed by atoms with van der Waals surface area (Å²) in [6, 6.07) is 4.66. The van der Waals surface area contributed by atoms with Crippen molar-refractivity contribution in [3.8, 4) is 22.9 Å². The fraction of sp³-hybridized carbons (Fsp3) is 0.375. The first-order valence-electron chi connectivity index (χ1n) is 7.19. The van der Waals surface area contributed by atoms with Crippen molar-refractivity contribution in [2.24, 2.45) is 5.92 Å². The molecule has 1 heterocycles. The van der Waals surface area contributed by atoms with E-state index in [0.29, 0.717) is 17.3 Å². The predicted octanol–water partition coefficient (Wildman–Crippen LogP) is 1.88. The third kappa shape index (κ3) is 2.83. The third-order valence-electron chi connectivity index (χ3n) is 3.98. The summed E-state index contributed by atoms with van der Waals surface area (Å²) in [6.07, 6.45) is 4.99. The Labute approximate surface area is 123 Å². The van der Waals surface area contributed by atoms with E-state index in [1.807, 2.05) is 13.2 Å². The summed E-state index contributed by atoms with van der Waals surface area (Å²) in [7, 11) is 1.98. The Balaban J connectivity index is 1.88. The Kier molecular flexibility index (Phi) is 3.75. The molecule has 0 bridgehead atoms. The number of phenolic OH excluding ortho intramolecular Hbond substituents is 2. The summed E-state index contributed by atoms with van der Waals surface area (Å²) in [6.45, 7) is 1.02. The topological polar surface area (TPSA) is 78.3 Å². The zero-order chi connectivity index (χ0) is 14.8. The van der Waals surface area contributed by atoms with Gasteiger partial charge in [-0.1, -0.05) is 0 Å². The summed E-state index contributed by atoms with van der Waals surface area (Å²) in [5, 5.41) is 22.2. The first kappa shape index (κ1) is 13.8. The summed E-state index contributed by atoms with van der Waals surface area (Å²) in [5.41, 5.74) is 3.03. The molecular weight excluding hydrogens is 266 g/mol. The molecule has 1 unspecified atom stereocenters. The quantitative estimate of drug-likeness (QED) is 0.750. The van der Waals surface area contributed by atoms with Crippen LogP contribution < -0.4 is 5.32 Å². The zero-order valence-electron chi connectivity index (χ0n) is 12.0. The Hall–Kier alpha value is -2.14. The Morgan fingerprint density at radius 2 is 2.14 bits per heavy atom. The number of nitrogens with zero attached hydrogens (tertiary/aromatic N) is 2. The second kappa shape index (κ2) is 5.69. The summed E-state index contributed by atoms with van der Waals surface area (Å²) < 4.78 is 0. The maximum Gasteiger partial charge on any atom is 0.159 e. The van der Waals surface area contributed by atoms with Gasteiger partial charge in [0.1, 0.15) is 0 Å². The molecule has 1 aliphatic rings. The highest BCUT2D eigenvalue weighted by Crippen LogP contribution is 2.30. The molecule has 1 aromatic carbocycles. The monoisotopic (exact) mass is 285 g/mol. The molecule has 0 saturated carbocycles. The van der Waals surface area contributed by atoms with E-state index in [1.54, 1.807) is 6.07 Å². The van der Waals surface area contributed by atoms with Gasteiger partial charge < -0.3 is 15.5 Å². The van der Waals surface area contributed by atoms with E-state index in [2.05, 4.69) is 15.3 Å². The molecule has 5 heteroatoms. The van der Waals surface area contributed by atoms with Gasteiger partial charge in [-0.2, -0.15) is 0 Å². The van der Waals surface area contributed by atoms with Gasteiger partial charge in [0.15, 0.2) is 17.3 Å². The molecule has 3 N–H and O–H groups in total. The molecule has 0 spiro atoms. The van der Waals surface area contributed by atoms with E-state index in [9.17, 15) is 10.2 Å². The van der Waals surface area contributed by atoms with Gasteiger partial charge in [-0.25, -0.2) is 9.97 Å². The van der Waals surface area contributed by atoms with Gasteiger partial charge in [0, 0.05) is 17.5 Å². The number of hydrogen-bond acceptors (Lipinski definition) is 5. The van der Waals surface area contributed by atoms with Crippen LogP contribution >= 0.6 is 0 Å². The molecule has 1 atom stereocenters. The standard InChI is InChI=1S/C16H19N3O2/c1-17-8-10-2-4-13-12(6-10)9-18-16(19-13)11-3-5-14(20)15(21)7-11/h3,5,7,9-10,17,20-21H,2,4,6,8H2,1H3. The van der Waals surface area contributed by atoms with Crippen LogP contribution in [0.2, 0.25) is 0 Å². The van der Waals surface area contributed by atoms with Crippen LogP contribution in [0.5, 0.6) is 11.5 Å². The molecular formula is C16H19N3O2. The van der Waals surface area contributed by atoms with Crippen LogP contribution in [0.1, 0.15) is 17.7 Å². The normalized spacial score (nSPS) is 17.5. The first-order valence-corrected chi connectivity index (χ1v) is 7.19. The number of fused-ring (bicyclic) bond motifs is 1. The van der Waals surface area contributed by atoms with E-state index < -0.39 is 0 Å². The molecule has 0 radical (unpaired) electrons. The van der Waals surface area contributed by atoms with Gasteiger partial charge in [-0.3, -0.25) is 0 Å². The Morgan fingerprint density at radius 1 is 1.29 bits per heavy atom. The molecule has 21 heavy (non-hydrogen) atoms. The average Bonchev–Trinajstić information content (AvgIpc) is 2.50. The van der Waals surface area contributed by atoms with Crippen LogP contribution in [0.4, 0.5) is 0 Å². The predicted molar refractivity (Wildman–Crippen MR) is 80.2 cm³/mol. The van der Waals surface area contributed by atoms with Crippen molar-refractivity contribution in [1.29, 1.82) is 0 Å². The van der Waals surface area contributed by atoms with Crippen LogP contribution in [-0.2, 0) is 12.8 Å². The van der Waals surface area contributed by atoms with E-state index in [1.165, 1.54) is 17.7 Å². The van der Waals surface area contributed by atoms with Crippen molar-refractivity contribution < 1.29 is 10.2 Å². The SMILES string of the molecule is CNCC1CCc2nc(-c3ccc(O)c(O)c3)ncc2C1. The van der Waals surface area contributed by atoms with Crippen molar-refractivity contribution in [2.45, 2.75) is 19.3 Å². The zero-order valence-corrected chi connectivity index (χ0v) is 12.0. The molecule has 5 nitrogen and oxygen atoms in total. The lowest BCUT2D eigenvalue weighted by atomic mass is 9.87. The second-order valence-electron chi connectivity index (χ2n) is 5.54. The van der Waals surface area contributed by atoms with Crippen LogP contribution in [0.3, 0.4) is 0 Å². The minimum Gasteiger partial charge on any atom is -0.504 e. The van der Waals surface area contributed by atoms with Gasteiger partial charge in [-0.15, -0.1) is 0 Å². The maximum atomic E-state index is 9.58. The molecule has 0 aliphatic heterocycles. The van der Waals surface area contributed by atoms with Crippen molar-refractivity contribution in [1.82, 2.24) is 15.3 Å². The van der Waals surface area contributed by atoms with E-state index in [4.69, 9.17) is 0 Å². The van der Waals surface area contributed by atoms with Crippen LogP contribution in [0.15, 0.2) is 24.4 Å². The number of phenols is 2. The number of aromatic hydroxyl groups is 2. The molecule has 3 rings (SSSR count). The van der Waals surface area contributed by atoms with Crippen molar-refractivity contribution >= 4 is 0 Å². The number of nitrogens with one attached hydrogen (secondary N) is 1. The lowest BCUT2D eigenvalue weighted by molar-refractivity contribution is 0.404. The molecule has 0 amide bonds. The van der Waals surface area contributed by atoms with Crippen molar-refractivity contribution in [2.75, 3.05) is 13.6 Å². The number of benzene rings is 1. The van der Waals surface area contributed by atoms with Crippen LogP contribution in [0.25, 0.3) is 11.4 Å². The Bertz CT molecular complexity index is 658. The van der Waals surface area contributed by atoms with Gasteiger partial charge in [0.25, 0.3) is 0 Å². The summed E-state index contributed by atoms with van der Waals surface area (Å²) >= 11 is 0. The lowest BCUT2D eigenvalue weighted by Gasteiger charge is -2.23. The van der Waals surface area contributed by atoms with Crippen molar-refractivity contribution in [3.05, 3.63) is 35.7 Å². The van der Waals surface area contributed by atoms with E-state index >= 15 is 0 Å². The third-order valence-corrected chi connectivity index (χ3v) is 3.98. The number of hydrogen-bond donors (Lipinski definition) is 3. The fourth-order valence-corrected chi connectivity index (χ4v) is 2.85. The number of aryl methyl sites for hydroxylation is 1. The van der Waals surface area contributed by atoms with Crippen molar-refractivity contribution in [3.63, 3.8) is 0 Å². The Morgan fingerprint density at radius 3 is 2.90 bits per heavy atom. The minimum absolute atomic E-state index is 0.133.